The first kappa shape index (κ1) is 17.4. The van der Waals surface area contributed by atoms with E-state index in [4.69, 9.17) is 0 Å². The Bertz CT molecular complexity index is 712. The van der Waals surface area contributed by atoms with Gasteiger partial charge in [0, 0.05) is 11.3 Å². The average molecular weight is 323 g/mol. The Morgan fingerprint density at radius 2 is 1.58 bits per heavy atom. The van der Waals surface area contributed by atoms with Gasteiger partial charge in [0.15, 0.2) is 0 Å². The second-order valence-electron chi connectivity index (χ2n) is 5.36. The van der Waals surface area contributed by atoms with E-state index in [0.717, 1.165) is 12.1 Å². The zero-order valence-corrected chi connectivity index (χ0v) is 13.8. The zero-order chi connectivity index (χ0) is 17.4. The molecule has 0 aliphatic carbocycles. The van der Waals surface area contributed by atoms with Gasteiger partial charge in [0.1, 0.15) is 6.04 Å². The van der Waals surface area contributed by atoms with Gasteiger partial charge in [-0.1, -0.05) is 55.5 Å². The van der Waals surface area contributed by atoms with E-state index in [1.807, 2.05) is 38.1 Å². The van der Waals surface area contributed by atoms with Gasteiger partial charge in [0.2, 0.25) is 0 Å². The molecule has 2 aromatic carbocycles. The van der Waals surface area contributed by atoms with E-state index in [-0.39, 0.29) is 11.8 Å². The quantitative estimate of drug-likeness (QED) is 0.633. The van der Waals surface area contributed by atoms with E-state index in [1.54, 1.807) is 36.4 Å². The first-order valence-corrected chi connectivity index (χ1v) is 7.85. The van der Waals surface area contributed by atoms with Crippen molar-refractivity contribution in [3.05, 3.63) is 71.8 Å². The molecule has 0 aliphatic heterocycles. The fraction of sp³-hybridized carbons (Fsp3) is 0.211. The van der Waals surface area contributed by atoms with Gasteiger partial charge >= 0.3 is 0 Å². The van der Waals surface area contributed by atoms with Crippen molar-refractivity contribution in [2.45, 2.75) is 26.3 Å². The highest BCUT2D eigenvalue weighted by Crippen LogP contribution is 2.14. The summed E-state index contributed by atoms with van der Waals surface area (Å²) >= 11 is 0. The molecule has 5 heteroatoms. The summed E-state index contributed by atoms with van der Waals surface area (Å²) in [6.07, 6.45) is 0.743. The molecular weight excluding hydrogens is 302 g/mol. The second kappa shape index (κ2) is 8.62. The number of nitrogens with one attached hydrogen (secondary N) is 2. The normalized spacial score (nSPS) is 12.3. The van der Waals surface area contributed by atoms with Crippen LogP contribution in [-0.4, -0.2) is 17.5 Å². The Hall–Kier alpha value is -2.95. The first-order valence-electron chi connectivity index (χ1n) is 7.85. The van der Waals surface area contributed by atoms with Crippen molar-refractivity contribution < 1.29 is 9.59 Å². The Morgan fingerprint density at radius 3 is 2.17 bits per heavy atom. The maximum atomic E-state index is 12.5. The lowest BCUT2D eigenvalue weighted by Crippen LogP contribution is -2.39. The molecule has 0 heterocycles. The molecule has 0 fully saturated rings. The van der Waals surface area contributed by atoms with E-state index in [1.165, 1.54) is 0 Å². The molecule has 2 amide bonds. The van der Waals surface area contributed by atoms with Crippen molar-refractivity contribution in [2.75, 3.05) is 0 Å². The van der Waals surface area contributed by atoms with Crippen molar-refractivity contribution in [3.8, 4) is 0 Å². The predicted octanol–water partition coefficient (Wildman–Crippen LogP) is 3.06. The van der Waals surface area contributed by atoms with E-state index < -0.39 is 6.04 Å². The molecule has 0 unspecified atom stereocenters. The molecule has 5 nitrogen and oxygen atoms in total. The topological polar surface area (TPSA) is 70.6 Å². The summed E-state index contributed by atoms with van der Waals surface area (Å²) in [5, 5.41) is 6.81. The van der Waals surface area contributed by atoms with Gasteiger partial charge in [-0.15, -0.1) is 0 Å². The second-order valence-corrected chi connectivity index (χ2v) is 5.36. The highest BCUT2D eigenvalue weighted by molar-refractivity contribution is 5.98. The third kappa shape index (κ3) is 4.78. The van der Waals surface area contributed by atoms with Gasteiger partial charge in [-0.2, -0.15) is 5.10 Å². The smallest absolute Gasteiger partial charge is 0.267 e. The fourth-order valence-corrected chi connectivity index (χ4v) is 2.04. The Labute approximate surface area is 141 Å². The van der Waals surface area contributed by atoms with E-state index >= 15 is 0 Å². The van der Waals surface area contributed by atoms with Crippen molar-refractivity contribution >= 4 is 17.5 Å². The molecule has 24 heavy (non-hydrogen) atoms. The molecule has 2 aromatic rings. The van der Waals surface area contributed by atoms with Crippen LogP contribution in [0.1, 0.15) is 42.2 Å². The highest BCUT2D eigenvalue weighted by Gasteiger charge is 2.23. The van der Waals surface area contributed by atoms with Crippen LogP contribution >= 0.6 is 0 Å². The number of rotatable bonds is 6. The summed E-state index contributed by atoms with van der Waals surface area (Å²) in [6.45, 7) is 3.79. The first-order chi connectivity index (χ1) is 11.6. The summed E-state index contributed by atoms with van der Waals surface area (Å²) in [5.74, 6) is -0.686. The lowest BCUT2D eigenvalue weighted by Gasteiger charge is -2.17. The van der Waals surface area contributed by atoms with Gasteiger partial charge in [0.05, 0.1) is 0 Å². The van der Waals surface area contributed by atoms with E-state index in [0.29, 0.717) is 11.1 Å². The standard InChI is InChI=1S/C19H21N3O2/c1-3-14(2)21-22-19(24)17(15-10-6-4-7-11-15)20-18(23)16-12-8-5-9-13-16/h4-13,17H,3H2,1-2H3,(H,20,23)(H,22,24)/b21-14+/t17-/m1/s1. The molecule has 1 atom stereocenters. The van der Waals surface area contributed by atoms with Crippen molar-refractivity contribution in [2.24, 2.45) is 5.10 Å². The van der Waals surface area contributed by atoms with Crippen LogP contribution in [0.3, 0.4) is 0 Å². The molecule has 124 valence electrons. The van der Waals surface area contributed by atoms with Gasteiger partial charge in [-0.3, -0.25) is 9.59 Å². The van der Waals surface area contributed by atoms with Crippen LogP contribution in [-0.2, 0) is 4.79 Å². The number of nitrogens with zero attached hydrogens (tertiary/aromatic N) is 1. The molecule has 2 N–H and O–H groups in total. The number of amides is 2. The summed E-state index contributed by atoms with van der Waals surface area (Å²) < 4.78 is 0. The van der Waals surface area contributed by atoms with Gasteiger partial charge in [-0.05, 0) is 31.0 Å². The summed E-state index contributed by atoms with van der Waals surface area (Å²) in [6, 6.07) is 17.1. The monoisotopic (exact) mass is 323 g/mol. The van der Waals surface area contributed by atoms with Gasteiger partial charge in [0.25, 0.3) is 11.8 Å². The molecule has 0 aliphatic rings. The minimum atomic E-state index is -0.813. The number of hydrogen-bond acceptors (Lipinski definition) is 3. The maximum Gasteiger partial charge on any atom is 0.267 e. The lowest BCUT2D eigenvalue weighted by molar-refractivity contribution is -0.123. The highest BCUT2D eigenvalue weighted by atomic mass is 16.2. The third-order valence-electron chi connectivity index (χ3n) is 3.58. The Morgan fingerprint density at radius 1 is 1.00 bits per heavy atom. The van der Waals surface area contributed by atoms with Crippen molar-refractivity contribution in [1.82, 2.24) is 10.7 Å². The number of hydrogen-bond donors (Lipinski definition) is 2. The third-order valence-corrected chi connectivity index (χ3v) is 3.58. The molecule has 0 aromatic heterocycles. The summed E-state index contributed by atoms with van der Waals surface area (Å²) in [5.41, 5.74) is 4.53. The van der Waals surface area contributed by atoms with Gasteiger partial charge < -0.3 is 5.32 Å². The molecule has 0 spiro atoms. The Balaban J connectivity index is 2.20. The van der Waals surface area contributed by atoms with Crippen LogP contribution in [0.25, 0.3) is 0 Å². The van der Waals surface area contributed by atoms with E-state index in [2.05, 4.69) is 15.8 Å². The van der Waals surface area contributed by atoms with Crippen molar-refractivity contribution in [3.63, 3.8) is 0 Å². The molecule has 0 radical (unpaired) electrons. The minimum Gasteiger partial charge on any atom is -0.336 e. The molecule has 0 bridgehead atoms. The lowest BCUT2D eigenvalue weighted by atomic mass is 10.1. The van der Waals surface area contributed by atoms with Crippen LogP contribution in [0, 0.1) is 0 Å². The predicted molar refractivity (Wildman–Crippen MR) is 94.6 cm³/mol. The number of benzene rings is 2. The zero-order valence-electron chi connectivity index (χ0n) is 13.8. The number of carbonyl (C=O) groups excluding carboxylic acids is 2. The van der Waals surface area contributed by atoms with Crippen LogP contribution in [0.5, 0.6) is 0 Å². The van der Waals surface area contributed by atoms with Crippen LogP contribution in [0.15, 0.2) is 65.8 Å². The SMILES string of the molecule is CC/C(C)=N/NC(=O)[C@H](NC(=O)c1ccccc1)c1ccccc1. The summed E-state index contributed by atoms with van der Waals surface area (Å²) in [7, 11) is 0. The maximum absolute atomic E-state index is 12.5. The largest absolute Gasteiger partial charge is 0.336 e. The number of hydrazone groups is 1. The average Bonchev–Trinajstić information content (AvgIpc) is 2.65. The summed E-state index contributed by atoms with van der Waals surface area (Å²) in [4.78, 5) is 24.9. The molecule has 2 rings (SSSR count). The molecule has 0 saturated carbocycles. The minimum absolute atomic E-state index is 0.309. The Kier molecular flexibility index (Phi) is 6.25. The van der Waals surface area contributed by atoms with Crippen LogP contribution in [0.2, 0.25) is 0 Å². The molecule has 0 saturated heterocycles. The molecular formula is C19H21N3O2. The van der Waals surface area contributed by atoms with Crippen LogP contribution in [0.4, 0.5) is 0 Å². The van der Waals surface area contributed by atoms with E-state index in [9.17, 15) is 9.59 Å². The van der Waals surface area contributed by atoms with Crippen LogP contribution < -0.4 is 10.7 Å². The van der Waals surface area contributed by atoms with Crippen molar-refractivity contribution in [1.29, 1.82) is 0 Å². The van der Waals surface area contributed by atoms with Gasteiger partial charge in [-0.25, -0.2) is 5.43 Å². The number of carbonyl (C=O) groups is 2. The fourth-order valence-electron chi connectivity index (χ4n) is 2.04.